The van der Waals surface area contributed by atoms with Crippen molar-refractivity contribution in [2.75, 3.05) is 19.6 Å². The van der Waals surface area contributed by atoms with Crippen molar-refractivity contribution < 1.29 is 0 Å². The maximum absolute atomic E-state index is 4.13. The molecule has 0 spiro atoms. The summed E-state index contributed by atoms with van der Waals surface area (Å²) in [5, 5.41) is 3.20. The van der Waals surface area contributed by atoms with Crippen LogP contribution in [0.1, 0.15) is 6.92 Å². The van der Waals surface area contributed by atoms with Crippen molar-refractivity contribution >= 4 is 6.21 Å². The lowest BCUT2D eigenvalue weighted by Gasteiger charge is -2.24. The van der Waals surface area contributed by atoms with E-state index in [1.807, 2.05) is 13.1 Å². The van der Waals surface area contributed by atoms with Gasteiger partial charge in [-0.1, -0.05) is 0 Å². The molecule has 0 bridgehead atoms. The molecule has 0 amide bonds. The first kappa shape index (κ1) is 5.76. The molecule has 1 heterocycles. The van der Waals surface area contributed by atoms with Crippen molar-refractivity contribution in [3.63, 3.8) is 0 Å². The fourth-order valence-electron chi connectivity index (χ4n) is 0.732. The fourth-order valence-corrected chi connectivity index (χ4v) is 0.732. The predicted octanol–water partition coefficient (Wildman–Crippen LogP) is 0.297. The molecule has 1 fully saturated rings. The minimum absolute atomic E-state index is 0.825. The molecule has 1 aliphatic rings. The summed E-state index contributed by atoms with van der Waals surface area (Å²) in [5.74, 6) is 0.825. The summed E-state index contributed by atoms with van der Waals surface area (Å²) in [4.78, 5) is 4.13. The zero-order valence-corrected chi connectivity index (χ0v) is 5.22. The van der Waals surface area contributed by atoms with Crippen molar-refractivity contribution in [3.8, 4) is 0 Å². The van der Waals surface area contributed by atoms with Crippen molar-refractivity contribution in [1.82, 2.24) is 5.32 Å². The Morgan fingerprint density at radius 2 is 2.50 bits per heavy atom. The first-order valence-corrected chi connectivity index (χ1v) is 3.08. The van der Waals surface area contributed by atoms with Crippen LogP contribution in [0, 0.1) is 5.92 Å². The number of nitrogens with zero attached hydrogens (tertiary/aromatic N) is 1. The van der Waals surface area contributed by atoms with Crippen molar-refractivity contribution in [2.24, 2.45) is 10.9 Å². The topological polar surface area (TPSA) is 24.4 Å². The first-order valence-electron chi connectivity index (χ1n) is 3.08. The molecule has 1 rings (SSSR count). The number of aliphatic imine (C=N–C) groups is 1. The molecular weight excluding hydrogens is 100 g/mol. The Morgan fingerprint density at radius 3 is 2.88 bits per heavy atom. The van der Waals surface area contributed by atoms with Gasteiger partial charge in [-0.3, -0.25) is 4.99 Å². The Bertz CT molecular complexity index is 84.5. The number of hydrogen-bond donors (Lipinski definition) is 1. The zero-order chi connectivity index (χ0) is 5.82. The third kappa shape index (κ3) is 1.30. The quantitative estimate of drug-likeness (QED) is 0.510. The van der Waals surface area contributed by atoms with E-state index in [9.17, 15) is 0 Å². The van der Waals surface area contributed by atoms with Gasteiger partial charge in [0.15, 0.2) is 0 Å². The van der Waals surface area contributed by atoms with Gasteiger partial charge in [0.2, 0.25) is 0 Å². The molecule has 0 saturated carbocycles. The van der Waals surface area contributed by atoms with Crippen LogP contribution in [0.4, 0.5) is 0 Å². The first-order chi connectivity index (χ1) is 3.93. The van der Waals surface area contributed by atoms with E-state index in [2.05, 4.69) is 10.3 Å². The van der Waals surface area contributed by atoms with Gasteiger partial charge in [-0.2, -0.15) is 0 Å². The van der Waals surface area contributed by atoms with Gasteiger partial charge in [0.25, 0.3) is 0 Å². The van der Waals surface area contributed by atoms with Crippen LogP contribution in [-0.4, -0.2) is 25.8 Å². The van der Waals surface area contributed by atoms with Gasteiger partial charge >= 0.3 is 0 Å². The second-order valence-electron chi connectivity index (χ2n) is 2.15. The SMILES string of the molecule is C/C=N/CC1CNC1. The van der Waals surface area contributed by atoms with Crippen LogP contribution < -0.4 is 5.32 Å². The van der Waals surface area contributed by atoms with Crippen LogP contribution in [0.25, 0.3) is 0 Å². The average Bonchev–Trinajstić information content (AvgIpc) is 1.63. The second kappa shape index (κ2) is 2.82. The average molecular weight is 112 g/mol. The summed E-state index contributed by atoms with van der Waals surface area (Å²) in [6.45, 7) is 5.31. The van der Waals surface area contributed by atoms with Gasteiger partial charge in [0, 0.05) is 25.6 Å². The molecule has 2 heteroatoms. The van der Waals surface area contributed by atoms with Crippen molar-refractivity contribution in [1.29, 1.82) is 0 Å². The second-order valence-corrected chi connectivity index (χ2v) is 2.15. The van der Waals surface area contributed by atoms with Crippen molar-refractivity contribution in [3.05, 3.63) is 0 Å². The molecule has 0 aromatic carbocycles. The highest BCUT2D eigenvalue weighted by Gasteiger charge is 2.14. The minimum Gasteiger partial charge on any atom is -0.316 e. The lowest BCUT2D eigenvalue weighted by Crippen LogP contribution is -2.43. The van der Waals surface area contributed by atoms with Gasteiger partial charge in [-0.25, -0.2) is 0 Å². The molecule has 0 unspecified atom stereocenters. The molecule has 46 valence electrons. The summed E-state index contributed by atoms with van der Waals surface area (Å²) in [6, 6.07) is 0. The molecule has 0 aromatic heterocycles. The van der Waals surface area contributed by atoms with Crippen LogP contribution in [0.15, 0.2) is 4.99 Å². The number of nitrogens with one attached hydrogen (secondary N) is 1. The Balaban J connectivity index is 2.01. The summed E-state index contributed by atoms with van der Waals surface area (Å²) >= 11 is 0. The van der Waals surface area contributed by atoms with E-state index < -0.39 is 0 Å². The van der Waals surface area contributed by atoms with Gasteiger partial charge in [-0.05, 0) is 13.1 Å². The number of rotatable bonds is 2. The smallest absolute Gasteiger partial charge is 0.0437 e. The molecule has 0 radical (unpaired) electrons. The van der Waals surface area contributed by atoms with E-state index in [1.54, 1.807) is 0 Å². The van der Waals surface area contributed by atoms with Crippen LogP contribution in [0.3, 0.4) is 0 Å². The van der Waals surface area contributed by atoms with E-state index >= 15 is 0 Å². The largest absolute Gasteiger partial charge is 0.316 e. The van der Waals surface area contributed by atoms with Gasteiger partial charge in [-0.15, -0.1) is 0 Å². The molecule has 0 atom stereocenters. The molecule has 0 aliphatic carbocycles. The lowest BCUT2D eigenvalue weighted by atomic mass is 10.0. The summed E-state index contributed by atoms with van der Waals surface area (Å²) in [5.41, 5.74) is 0. The zero-order valence-electron chi connectivity index (χ0n) is 5.22. The van der Waals surface area contributed by atoms with E-state index in [1.165, 1.54) is 0 Å². The van der Waals surface area contributed by atoms with Gasteiger partial charge in [0.05, 0.1) is 0 Å². The van der Waals surface area contributed by atoms with Crippen LogP contribution in [0.5, 0.6) is 0 Å². The fraction of sp³-hybridized carbons (Fsp3) is 0.833. The van der Waals surface area contributed by atoms with E-state index in [0.29, 0.717) is 0 Å². The van der Waals surface area contributed by atoms with E-state index in [4.69, 9.17) is 0 Å². The molecule has 2 nitrogen and oxygen atoms in total. The standard InChI is InChI=1S/C6H12N2/c1-2-7-3-6-4-8-5-6/h2,6,8H,3-5H2,1H3/b7-2+. The maximum atomic E-state index is 4.13. The highest BCUT2D eigenvalue weighted by Crippen LogP contribution is 2.01. The summed E-state index contributed by atoms with van der Waals surface area (Å²) in [6.07, 6.45) is 1.87. The Labute approximate surface area is 50.0 Å². The molecule has 0 aromatic rings. The third-order valence-electron chi connectivity index (χ3n) is 1.41. The molecule has 1 aliphatic heterocycles. The molecule has 1 saturated heterocycles. The predicted molar refractivity (Wildman–Crippen MR) is 35.4 cm³/mol. The van der Waals surface area contributed by atoms with Gasteiger partial charge < -0.3 is 5.32 Å². The van der Waals surface area contributed by atoms with E-state index in [-0.39, 0.29) is 0 Å². The number of hydrogen-bond acceptors (Lipinski definition) is 2. The van der Waals surface area contributed by atoms with Crippen LogP contribution >= 0.6 is 0 Å². The summed E-state index contributed by atoms with van der Waals surface area (Å²) in [7, 11) is 0. The van der Waals surface area contributed by atoms with Gasteiger partial charge in [0.1, 0.15) is 0 Å². The van der Waals surface area contributed by atoms with Crippen LogP contribution in [0.2, 0.25) is 0 Å². The molecule has 8 heavy (non-hydrogen) atoms. The Hall–Kier alpha value is -0.370. The maximum Gasteiger partial charge on any atom is 0.0437 e. The third-order valence-corrected chi connectivity index (χ3v) is 1.41. The minimum atomic E-state index is 0.825. The lowest BCUT2D eigenvalue weighted by molar-refractivity contribution is 0.358. The molecular formula is C6H12N2. The monoisotopic (exact) mass is 112 g/mol. The van der Waals surface area contributed by atoms with E-state index in [0.717, 1.165) is 25.6 Å². The highest BCUT2D eigenvalue weighted by atomic mass is 15.0. The summed E-state index contributed by atoms with van der Waals surface area (Å²) < 4.78 is 0. The normalized spacial score (nSPS) is 21.6. The van der Waals surface area contributed by atoms with Crippen molar-refractivity contribution in [2.45, 2.75) is 6.92 Å². The van der Waals surface area contributed by atoms with Crippen LogP contribution in [-0.2, 0) is 0 Å². The Morgan fingerprint density at radius 1 is 1.75 bits per heavy atom. The molecule has 1 N–H and O–H groups in total. The highest BCUT2D eigenvalue weighted by molar-refractivity contribution is 5.53. The Kier molecular flexibility index (Phi) is 2.03.